The Morgan fingerprint density at radius 3 is 2.42 bits per heavy atom. The number of hydrogen-bond donors (Lipinski definition) is 1. The van der Waals surface area contributed by atoms with Gasteiger partial charge in [0.1, 0.15) is 17.4 Å². The Morgan fingerprint density at radius 2 is 1.81 bits per heavy atom. The number of halogens is 1. The lowest BCUT2D eigenvalue weighted by Crippen LogP contribution is -2.59. The molecule has 1 N–H and O–H groups in total. The Hall–Kier alpha value is -3.47. The van der Waals surface area contributed by atoms with Crippen LogP contribution in [0.1, 0.15) is 18.9 Å². The molecule has 2 bridgehead atoms. The minimum atomic E-state index is -1.25. The molecule has 3 unspecified atom stereocenters. The second-order valence-electron chi connectivity index (χ2n) is 11.4. The standard InChI is InChI=1S/C33H38BrN3O6/c1-5-16-35(19-22-10-8-7-9-11-22)30(39)26-27-31(40)37(21(3)20-38)29(33(27)18-25(34)28(26)43-33)32(41)36(17-6-2)23-12-14-24(42-4)15-13-23/h5-15,21,25-29,38H,1-2,16-20H2,3-4H3/t21-,25?,26+,27+,28+,29?,33?/m1/s1. The lowest BCUT2D eigenvalue weighted by Gasteiger charge is -2.38. The zero-order valence-electron chi connectivity index (χ0n) is 24.5. The van der Waals surface area contributed by atoms with Crippen LogP contribution in [0.3, 0.4) is 0 Å². The van der Waals surface area contributed by atoms with Crippen molar-refractivity contribution in [3.05, 3.63) is 85.5 Å². The van der Waals surface area contributed by atoms with Crippen molar-refractivity contribution in [3.63, 3.8) is 0 Å². The molecule has 5 rings (SSSR count). The van der Waals surface area contributed by atoms with Crippen LogP contribution in [0.2, 0.25) is 0 Å². The summed E-state index contributed by atoms with van der Waals surface area (Å²) < 4.78 is 12.0. The van der Waals surface area contributed by atoms with E-state index in [1.165, 1.54) is 4.90 Å². The summed E-state index contributed by atoms with van der Waals surface area (Å²) in [7, 11) is 1.57. The first kappa shape index (κ1) is 31.0. The van der Waals surface area contributed by atoms with Gasteiger partial charge in [-0.2, -0.15) is 0 Å². The number of ether oxygens (including phenoxy) is 2. The van der Waals surface area contributed by atoms with Crippen LogP contribution in [0, 0.1) is 11.8 Å². The maximum Gasteiger partial charge on any atom is 0.253 e. The number of hydrogen-bond acceptors (Lipinski definition) is 6. The van der Waals surface area contributed by atoms with Crippen molar-refractivity contribution >= 4 is 39.3 Å². The van der Waals surface area contributed by atoms with Gasteiger partial charge in [-0.3, -0.25) is 14.4 Å². The Kier molecular flexibility index (Phi) is 9.10. The van der Waals surface area contributed by atoms with Gasteiger partial charge in [-0.25, -0.2) is 0 Å². The topological polar surface area (TPSA) is 99.6 Å². The molecule has 3 aliphatic rings. The summed E-state index contributed by atoms with van der Waals surface area (Å²) in [4.78, 5) is 47.8. The van der Waals surface area contributed by atoms with Crippen LogP contribution in [0.4, 0.5) is 5.69 Å². The number of aliphatic hydroxyl groups excluding tert-OH is 1. The van der Waals surface area contributed by atoms with Crippen molar-refractivity contribution in [2.24, 2.45) is 11.8 Å². The van der Waals surface area contributed by atoms with Gasteiger partial charge in [0.15, 0.2) is 0 Å². The molecule has 7 atom stereocenters. The van der Waals surface area contributed by atoms with Gasteiger partial charge < -0.3 is 29.3 Å². The highest BCUT2D eigenvalue weighted by Crippen LogP contribution is 2.61. The third-order valence-corrected chi connectivity index (χ3v) is 9.67. The maximum atomic E-state index is 14.6. The van der Waals surface area contributed by atoms with Crippen LogP contribution < -0.4 is 9.64 Å². The average molecular weight is 653 g/mol. The summed E-state index contributed by atoms with van der Waals surface area (Å²) in [5.41, 5.74) is 0.299. The quantitative estimate of drug-likeness (QED) is 0.278. The molecule has 1 spiro atoms. The van der Waals surface area contributed by atoms with Gasteiger partial charge in [-0.1, -0.05) is 58.4 Å². The number of nitrogens with zero attached hydrogens (tertiary/aromatic N) is 3. The predicted octanol–water partition coefficient (Wildman–Crippen LogP) is 3.56. The minimum Gasteiger partial charge on any atom is -0.497 e. The van der Waals surface area contributed by atoms with E-state index in [1.807, 2.05) is 30.3 Å². The Morgan fingerprint density at radius 1 is 1.14 bits per heavy atom. The van der Waals surface area contributed by atoms with Gasteiger partial charge in [0.25, 0.3) is 5.91 Å². The number of rotatable bonds is 12. The van der Waals surface area contributed by atoms with E-state index in [2.05, 4.69) is 29.1 Å². The number of benzene rings is 2. The molecule has 3 fully saturated rings. The highest BCUT2D eigenvalue weighted by Gasteiger charge is 2.77. The summed E-state index contributed by atoms with van der Waals surface area (Å²) in [6, 6.07) is 15.0. The van der Waals surface area contributed by atoms with Crippen LogP contribution in [-0.4, -0.2) is 88.0 Å². The highest BCUT2D eigenvalue weighted by molar-refractivity contribution is 9.09. The summed E-state index contributed by atoms with van der Waals surface area (Å²) in [5.74, 6) is -1.99. The van der Waals surface area contributed by atoms with Gasteiger partial charge in [-0.05, 0) is 43.2 Å². The molecule has 228 valence electrons. The largest absolute Gasteiger partial charge is 0.497 e. The molecule has 3 aliphatic heterocycles. The van der Waals surface area contributed by atoms with Gasteiger partial charge in [0, 0.05) is 30.1 Å². The number of methoxy groups -OCH3 is 1. The van der Waals surface area contributed by atoms with E-state index in [1.54, 1.807) is 60.3 Å². The van der Waals surface area contributed by atoms with E-state index in [-0.39, 0.29) is 35.7 Å². The van der Waals surface area contributed by atoms with Gasteiger partial charge in [0.2, 0.25) is 11.8 Å². The SMILES string of the molecule is C=CCN(Cc1ccccc1)C(=O)[C@H]1[C@H]2C(=O)N([C@H](C)CO)C(C(=O)N(CC=C)c3ccc(OC)cc3)C23CC(Br)[C@@H]1O3. The molecule has 0 saturated carbocycles. The predicted molar refractivity (Wildman–Crippen MR) is 167 cm³/mol. The molecular weight excluding hydrogens is 614 g/mol. The molecule has 10 heteroatoms. The fourth-order valence-electron chi connectivity index (χ4n) is 6.96. The molecule has 3 saturated heterocycles. The number of amides is 3. The van der Waals surface area contributed by atoms with E-state index in [4.69, 9.17) is 9.47 Å². The third kappa shape index (κ3) is 5.30. The van der Waals surface area contributed by atoms with E-state index in [9.17, 15) is 19.5 Å². The number of carbonyl (C=O) groups excluding carboxylic acids is 3. The molecule has 0 aromatic heterocycles. The summed E-state index contributed by atoms with van der Waals surface area (Å²) in [6.07, 6.45) is 3.06. The normalized spacial score (nSPS) is 27.9. The first-order valence-corrected chi connectivity index (χ1v) is 15.4. The number of aliphatic hydroxyl groups is 1. The lowest BCUT2D eigenvalue weighted by atomic mass is 9.70. The van der Waals surface area contributed by atoms with Crippen LogP contribution >= 0.6 is 15.9 Å². The lowest BCUT2D eigenvalue weighted by molar-refractivity contribution is -0.147. The smallest absolute Gasteiger partial charge is 0.253 e. The monoisotopic (exact) mass is 651 g/mol. The first-order chi connectivity index (χ1) is 20.7. The number of anilines is 1. The molecule has 9 nitrogen and oxygen atoms in total. The summed E-state index contributed by atoms with van der Waals surface area (Å²) >= 11 is 3.74. The van der Waals surface area contributed by atoms with Crippen LogP contribution in [0.15, 0.2) is 79.9 Å². The maximum absolute atomic E-state index is 14.6. The van der Waals surface area contributed by atoms with Gasteiger partial charge in [-0.15, -0.1) is 13.2 Å². The molecule has 43 heavy (non-hydrogen) atoms. The summed E-state index contributed by atoms with van der Waals surface area (Å²) in [6.45, 7) is 9.88. The molecule has 0 radical (unpaired) electrons. The van der Waals surface area contributed by atoms with Gasteiger partial charge in [0.05, 0.1) is 37.7 Å². The highest BCUT2D eigenvalue weighted by atomic mass is 79.9. The second kappa shape index (κ2) is 12.6. The Labute approximate surface area is 260 Å². The Bertz CT molecular complexity index is 1370. The van der Waals surface area contributed by atoms with E-state index < -0.39 is 35.6 Å². The van der Waals surface area contributed by atoms with Crippen LogP contribution in [-0.2, 0) is 25.7 Å². The van der Waals surface area contributed by atoms with E-state index >= 15 is 0 Å². The van der Waals surface area contributed by atoms with Crippen molar-refractivity contribution in [1.82, 2.24) is 9.80 Å². The van der Waals surface area contributed by atoms with Crippen molar-refractivity contribution in [2.45, 2.75) is 48.5 Å². The van der Waals surface area contributed by atoms with Crippen LogP contribution in [0.5, 0.6) is 5.75 Å². The summed E-state index contributed by atoms with van der Waals surface area (Å²) in [5, 5.41) is 10.2. The number of likely N-dealkylation sites (tertiary alicyclic amines) is 1. The van der Waals surface area contributed by atoms with Crippen molar-refractivity contribution in [3.8, 4) is 5.75 Å². The van der Waals surface area contributed by atoms with E-state index in [0.717, 1.165) is 5.56 Å². The zero-order chi connectivity index (χ0) is 30.9. The average Bonchev–Trinajstić information content (AvgIpc) is 3.62. The fourth-order valence-corrected chi connectivity index (χ4v) is 7.90. The zero-order valence-corrected chi connectivity index (χ0v) is 26.1. The number of alkyl halides is 1. The fraction of sp³-hybridized carbons (Fsp3) is 0.424. The first-order valence-electron chi connectivity index (χ1n) is 14.5. The minimum absolute atomic E-state index is 0.186. The Balaban J connectivity index is 1.55. The molecule has 3 heterocycles. The molecule has 2 aromatic rings. The van der Waals surface area contributed by atoms with E-state index in [0.29, 0.717) is 30.9 Å². The number of fused-ring (bicyclic) bond motifs is 1. The van der Waals surface area contributed by atoms with Crippen LogP contribution in [0.25, 0.3) is 0 Å². The van der Waals surface area contributed by atoms with Gasteiger partial charge >= 0.3 is 0 Å². The molecule has 2 aromatic carbocycles. The third-order valence-electron chi connectivity index (χ3n) is 8.82. The number of carbonyl (C=O) groups is 3. The molecule has 0 aliphatic carbocycles. The molecular formula is C33H38BrN3O6. The second-order valence-corrected chi connectivity index (χ2v) is 12.5. The van der Waals surface area contributed by atoms with Crippen molar-refractivity contribution < 1.29 is 29.0 Å². The van der Waals surface area contributed by atoms with Crippen molar-refractivity contribution in [1.29, 1.82) is 0 Å². The van der Waals surface area contributed by atoms with Crippen molar-refractivity contribution in [2.75, 3.05) is 31.7 Å². The molecule has 3 amide bonds.